The van der Waals surface area contributed by atoms with Gasteiger partial charge in [-0.15, -0.1) is 0 Å². The SMILES string of the molecule is c1nc(C2CCNC2)ncc1C1CC1. The van der Waals surface area contributed by atoms with Crippen LogP contribution in [0.5, 0.6) is 0 Å². The lowest BCUT2D eigenvalue weighted by Gasteiger charge is -2.06. The summed E-state index contributed by atoms with van der Waals surface area (Å²) in [5.41, 5.74) is 1.33. The van der Waals surface area contributed by atoms with Crippen molar-refractivity contribution in [2.45, 2.75) is 31.1 Å². The van der Waals surface area contributed by atoms with Crippen molar-refractivity contribution in [3.63, 3.8) is 0 Å². The molecule has 2 fully saturated rings. The summed E-state index contributed by atoms with van der Waals surface area (Å²) in [5.74, 6) is 2.34. The molecule has 0 radical (unpaired) electrons. The van der Waals surface area contributed by atoms with E-state index < -0.39 is 0 Å². The van der Waals surface area contributed by atoms with Gasteiger partial charge in [-0.25, -0.2) is 9.97 Å². The number of aromatic nitrogens is 2. The second-order valence-corrected chi connectivity index (χ2v) is 4.34. The van der Waals surface area contributed by atoms with E-state index in [4.69, 9.17) is 0 Å². The highest BCUT2D eigenvalue weighted by molar-refractivity contribution is 5.18. The zero-order chi connectivity index (χ0) is 9.38. The maximum atomic E-state index is 4.47. The predicted molar refractivity (Wildman–Crippen MR) is 54.2 cm³/mol. The maximum absolute atomic E-state index is 4.47. The van der Waals surface area contributed by atoms with E-state index in [9.17, 15) is 0 Å². The third-order valence-corrected chi connectivity index (χ3v) is 3.17. The fourth-order valence-electron chi connectivity index (χ4n) is 2.06. The third-order valence-electron chi connectivity index (χ3n) is 3.17. The Kier molecular flexibility index (Phi) is 1.98. The van der Waals surface area contributed by atoms with Crippen molar-refractivity contribution in [1.82, 2.24) is 15.3 Å². The molecule has 14 heavy (non-hydrogen) atoms. The van der Waals surface area contributed by atoms with Crippen LogP contribution in [0.4, 0.5) is 0 Å². The summed E-state index contributed by atoms with van der Waals surface area (Å²) in [6.07, 6.45) is 7.89. The van der Waals surface area contributed by atoms with Crippen LogP contribution in [-0.2, 0) is 0 Å². The van der Waals surface area contributed by atoms with Gasteiger partial charge in [0.2, 0.25) is 0 Å². The Morgan fingerprint density at radius 1 is 1.07 bits per heavy atom. The summed E-state index contributed by atoms with van der Waals surface area (Å²) in [5, 5.41) is 3.34. The highest BCUT2D eigenvalue weighted by atomic mass is 14.9. The van der Waals surface area contributed by atoms with Gasteiger partial charge in [0.15, 0.2) is 0 Å². The summed E-state index contributed by atoms with van der Waals surface area (Å²) in [4.78, 5) is 8.94. The summed E-state index contributed by atoms with van der Waals surface area (Å²) in [6.45, 7) is 2.15. The summed E-state index contributed by atoms with van der Waals surface area (Å²) in [6, 6.07) is 0. The van der Waals surface area contributed by atoms with Crippen LogP contribution < -0.4 is 5.32 Å². The molecule has 0 aromatic carbocycles. The van der Waals surface area contributed by atoms with Crippen LogP contribution >= 0.6 is 0 Å². The summed E-state index contributed by atoms with van der Waals surface area (Å²) in [7, 11) is 0. The van der Waals surface area contributed by atoms with E-state index in [0.29, 0.717) is 5.92 Å². The molecule has 3 heteroatoms. The highest BCUT2D eigenvalue weighted by Crippen LogP contribution is 2.39. The van der Waals surface area contributed by atoms with Crippen LogP contribution in [0.15, 0.2) is 12.4 Å². The first kappa shape index (κ1) is 8.36. The Hall–Kier alpha value is -0.960. The molecule has 0 bridgehead atoms. The van der Waals surface area contributed by atoms with Crippen molar-refractivity contribution >= 4 is 0 Å². The van der Waals surface area contributed by atoms with Crippen molar-refractivity contribution in [2.75, 3.05) is 13.1 Å². The van der Waals surface area contributed by atoms with Crippen molar-refractivity contribution in [2.24, 2.45) is 0 Å². The van der Waals surface area contributed by atoms with E-state index >= 15 is 0 Å². The molecule has 2 heterocycles. The molecular formula is C11H15N3. The Balaban J connectivity index is 1.78. The van der Waals surface area contributed by atoms with Crippen LogP contribution in [0.3, 0.4) is 0 Å². The molecule has 1 N–H and O–H groups in total. The van der Waals surface area contributed by atoms with Gasteiger partial charge in [-0.2, -0.15) is 0 Å². The minimum absolute atomic E-state index is 0.545. The molecule has 1 aromatic heterocycles. The highest BCUT2D eigenvalue weighted by Gasteiger charge is 2.25. The monoisotopic (exact) mass is 189 g/mol. The first-order chi connectivity index (χ1) is 6.93. The molecule has 3 nitrogen and oxygen atoms in total. The van der Waals surface area contributed by atoms with E-state index in [1.807, 2.05) is 12.4 Å². The molecule has 1 aromatic rings. The minimum Gasteiger partial charge on any atom is -0.316 e. The molecule has 1 saturated carbocycles. The lowest BCUT2D eigenvalue weighted by molar-refractivity contribution is 0.698. The Labute approximate surface area is 84.0 Å². The molecule has 1 unspecified atom stereocenters. The Morgan fingerprint density at radius 2 is 1.86 bits per heavy atom. The molecule has 1 saturated heterocycles. The molecule has 74 valence electrons. The molecule has 1 aliphatic heterocycles. The summed E-state index contributed by atoms with van der Waals surface area (Å²) < 4.78 is 0. The lowest BCUT2D eigenvalue weighted by atomic mass is 10.1. The topological polar surface area (TPSA) is 37.8 Å². The fraction of sp³-hybridized carbons (Fsp3) is 0.636. The second kappa shape index (κ2) is 3.31. The van der Waals surface area contributed by atoms with Crippen molar-refractivity contribution in [3.05, 3.63) is 23.8 Å². The number of hydrogen-bond donors (Lipinski definition) is 1. The molecular weight excluding hydrogens is 174 g/mol. The molecule has 2 aliphatic rings. The standard InChI is InChI=1S/C11H15N3/c1-2-8(1)10-6-13-11(14-7-10)9-3-4-12-5-9/h6-9,12H,1-5H2. The lowest BCUT2D eigenvalue weighted by Crippen LogP contribution is -2.10. The zero-order valence-corrected chi connectivity index (χ0v) is 8.24. The van der Waals surface area contributed by atoms with Crippen LogP contribution in [0, 0.1) is 0 Å². The number of hydrogen-bond acceptors (Lipinski definition) is 3. The van der Waals surface area contributed by atoms with Gasteiger partial charge >= 0.3 is 0 Å². The quantitative estimate of drug-likeness (QED) is 0.764. The van der Waals surface area contributed by atoms with Crippen molar-refractivity contribution in [3.8, 4) is 0 Å². The van der Waals surface area contributed by atoms with Gasteiger partial charge in [0, 0.05) is 24.9 Å². The van der Waals surface area contributed by atoms with Gasteiger partial charge in [0.05, 0.1) is 0 Å². The van der Waals surface area contributed by atoms with E-state index in [1.54, 1.807) is 0 Å². The van der Waals surface area contributed by atoms with Crippen LogP contribution in [0.25, 0.3) is 0 Å². The first-order valence-electron chi connectivity index (χ1n) is 5.46. The third kappa shape index (κ3) is 1.52. The molecule has 0 spiro atoms. The molecule has 1 atom stereocenters. The number of rotatable bonds is 2. The molecule has 0 amide bonds. The van der Waals surface area contributed by atoms with Crippen LogP contribution in [-0.4, -0.2) is 23.1 Å². The van der Waals surface area contributed by atoms with Crippen molar-refractivity contribution < 1.29 is 0 Å². The normalized spacial score (nSPS) is 26.7. The maximum Gasteiger partial charge on any atom is 0.132 e. The van der Waals surface area contributed by atoms with E-state index in [2.05, 4.69) is 15.3 Å². The predicted octanol–water partition coefficient (Wildman–Crippen LogP) is 1.43. The van der Waals surface area contributed by atoms with Crippen LogP contribution in [0.1, 0.15) is 42.5 Å². The average Bonchev–Trinajstić information content (AvgIpc) is 2.94. The van der Waals surface area contributed by atoms with Gasteiger partial charge in [-0.3, -0.25) is 0 Å². The molecule has 1 aliphatic carbocycles. The van der Waals surface area contributed by atoms with E-state index in [0.717, 1.165) is 24.8 Å². The first-order valence-corrected chi connectivity index (χ1v) is 5.46. The van der Waals surface area contributed by atoms with E-state index in [-0.39, 0.29) is 0 Å². The molecule has 3 rings (SSSR count). The van der Waals surface area contributed by atoms with Crippen molar-refractivity contribution in [1.29, 1.82) is 0 Å². The Bertz CT molecular complexity index is 310. The van der Waals surface area contributed by atoms with Crippen LogP contribution in [0.2, 0.25) is 0 Å². The van der Waals surface area contributed by atoms with Gasteiger partial charge in [-0.1, -0.05) is 0 Å². The van der Waals surface area contributed by atoms with Gasteiger partial charge in [0.25, 0.3) is 0 Å². The van der Waals surface area contributed by atoms with E-state index in [1.165, 1.54) is 24.8 Å². The Morgan fingerprint density at radius 3 is 2.43 bits per heavy atom. The van der Waals surface area contributed by atoms with Gasteiger partial charge < -0.3 is 5.32 Å². The fourth-order valence-corrected chi connectivity index (χ4v) is 2.06. The largest absolute Gasteiger partial charge is 0.316 e. The average molecular weight is 189 g/mol. The summed E-state index contributed by atoms with van der Waals surface area (Å²) >= 11 is 0. The second-order valence-electron chi connectivity index (χ2n) is 4.34. The number of nitrogens with zero attached hydrogens (tertiary/aromatic N) is 2. The van der Waals surface area contributed by atoms with Gasteiger partial charge in [0.1, 0.15) is 5.82 Å². The zero-order valence-electron chi connectivity index (χ0n) is 8.24. The number of nitrogens with one attached hydrogen (secondary N) is 1. The van der Waals surface area contributed by atoms with Gasteiger partial charge in [-0.05, 0) is 37.3 Å². The smallest absolute Gasteiger partial charge is 0.132 e. The minimum atomic E-state index is 0.545.